The van der Waals surface area contributed by atoms with Gasteiger partial charge in [-0.05, 0) is 30.7 Å². The second-order valence-electron chi connectivity index (χ2n) is 3.07. The second-order valence-corrected chi connectivity index (χ2v) is 4.92. The first-order valence-electron chi connectivity index (χ1n) is 4.69. The van der Waals surface area contributed by atoms with Crippen molar-refractivity contribution in [2.75, 3.05) is 4.43 Å². The number of hydrogen-bond donors (Lipinski definition) is 1. The molecule has 0 spiro atoms. The fourth-order valence-electron chi connectivity index (χ4n) is 1.09. The van der Waals surface area contributed by atoms with Crippen LogP contribution in [0.4, 0.5) is 0 Å². The lowest BCUT2D eigenvalue weighted by atomic mass is 10.2. The SMILES string of the molecule is Cc1cc(SOOO)ccc1OC(=O)CCI. The van der Waals surface area contributed by atoms with Crippen LogP contribution in [-0.2, 0) is 14.2 Å². The first kappa shape index (κ1) is 14.7. The Hall–Kier alpha value is -0.350. The molecular formula is C10H11IO5S. The summed E-state index contributed by atoms with van der Waals surface area (Å²) in [6, 6.07) is 5.13. The lowest BCUT2D eigenvalue weighted by Gasteiger charge is -2.07. The Bertz CT molecular complexity index is 385. The fourth-order valence-corrected chi connectivity index (χ4v) is 1.99. The monoisotopic (exact) mass is 370 g/mol. The predicted octanol–water partition coefficient (Wildman–Crippen LogP) is 3.15. The zero-order valence-electron chi connectivity index (χ0n) is 9.01. The van der Waals surface area contributed by atoms with Gasteiger partial charge >= 0.3 is 5.97 Å². The van der Waals surface area contributed by atoms with Crippen LogP contribution in [0.15, 0.2) is 23.1 Å². The summed E-state index contributed by atoms with van der Waals surface area (Å²) in [5.41, 5.74) is 0.804. The Kier molecular flexibility index (Phi) is 6.82. The van der Waals surface area contributed by atoms with Crippen LogP contribution >= 0.6 is 34.6 Å². The Morgan fingerprint density at radius 2 is 2.29 bits per heavy atom. The van der Waals surface area contributed by atoms with Crippen LogP contribution in [0.1, 0.15) is 12.0 Å². The molecule has 0 atom stereocenters. The summed E-state index contributed by atoms with van der Waals surface area (Å²) in [4.78, 5) is 12.0. The van der Waals surface area contributed by atoms with E-state index < -0.39 is 0 Å². The minimum Gasteiger partial charge on any atom is -0.426 e. The number of halogens is 1. The van der Waals surface area contributed by atoms with Crippen molar-refractivity contribution in [1.82, 2.24) is 0 Å². The van der Waals surface area contributed by atoms with Gasteiger partial charge in [-0.15, -0.1) is 4.33 Å². The molecule has 0 saturated heterocycles. The summed E-state index contributed by atoms with van der Waals surface area (Å²) in [6.45, 7) is 1.82. The van der Waals surface area contributed by atoms with Gasteiger partial charge in [0, 0.05) is 9.32 Å². The summed E-state index contributed by atoms with van der Waals surface area (Å²) in [6.07, 6.45) is 0.387. The Balaban J connectivity index is 2.65. The first-order valence-corrected chi connectivity index (χ1v) is 6.96. The fraction of sp³-hybridized carbons (Fsp3) is 0.300. The number of carbonyl (C=O) groups excluding carboxylic acids is 1. The summed E-state index contributed by atoms with van der Waals surface area (Å²) in [5, 5.41) is 11.5. The molecule has 0 unspecified atom stereocenters. The predicted molar refractivity (Wildman–Crippen MR) is 71.0 cm³/mol. The van der Waals surface area contributed by atoms with Crippen LogP contribution in [-0.4, -0.2) is 15.7 Å². The Labute approximate surface area is 117 Å². The van der Waals surface area contributed by atoms with Gasteiger partial charge in [-0.1, -0.05) is 27.6 Å². The molecule has 1 rings (SSSR count). The molecule has 0 saturated carbocycles. The first-order chi connectivity index (χ1) is 8.17. The van der Waals surface area contributed by atoms with Gasteiger partial charge in [0.15, 0.2) is 0 Å². The van der Waals surface area contributed by atoms with Crippen LogP contribution in [0, 0.1) is 6.92 Å². The van der Waals surface area contributed by atoms with Crippen molar-refractivity contribution in [2.24, 2.45) is 0 Å². The molecule has 1 aromatic carbocycles. The number of ether oxygens (including phenoxy) is 1. The molecule has 94 valence electrons. The summed E-state index contributed by atoms with van der Waals surface area (Å²) in [7, 11) is 0. The highest BCUT2D eigenvalue weighted by Crippen LogP contribution is 2.26. The highest BCUT2D eigenvalue weighted by Gasteiger charge is 2.07. The largest absolute Gasteiger partial charge is 0.426 e. The van der Waals surface area contributed by atoms with E-state index in [1.807, 2.05) is 6.92 Å². The molecule has 1 N–H and O–H groups in total. The average Bonchev–Trinajstić information content (AvgIpc) is 2.30. The number of carbonyl (C=O) groups is 1. The average molecular weight is 370 g/mol. The van der Waals surface area contributed by atoms with Crippen molar-refractivity contribution < 1.29 is 24.2 Å². The third-order valence-corrected chi connectivity index (χ3v) is 2.94. The molecule has 0 heterocycles. The quantitative estimate of drug-likeness (QED) is 0.158. The van der Waals surface area contributed by atoms with E-state index in [9.17, 15) is 4.79 Å². The van der Waals surface area contributed by atoms with Gasteiger partial charge in [-0.3, -0.25) is 4.79 Å². The third kappa shape index (κ3) is 5.21. The van der Waals surface area contributed by atoms with Gasteiger partial charge in [-0.25, -0.2) is 5.26 Å². The molecule has 0 bridgehead atoms. The van der Waals surface area contributed by atoms with Crippen LogP contribution in [0.25, 0.3) is 0 Å². The van der Waals surface area contributed by atoms with Crippen molar-refractivity contribution in [3.8, 4) is 5.75 Å². The van der Waals surface area contributed by atoms with Gasteiger partial charge in [0.1, 0.15) is 5.75 Å². The molecule has 0 aliphatic heterocycles. The third-order valence-electron chi connectivity index (χ3n) is 1.83. The molecule has 0 aliphatic rings. The Morgan fingerprint density at radius 1 is 1.53 bits per heavy atom. The molecule has 0 aliphatic carbocycles. The number of hydrogen-bond acceptors (Lipinski definition) is 6. The van der Waals surface area contributed by atoms with Crippen molar-refractivity contribution in [2.45, 2.75) is 18.2 Å². The standard InChI is InChI=1S/C10H11IO5S/c1-7-6-8(17-16-15-13)2-3-9(7)14-10(12)4-5-11/h2-3,6,13H,4-5H2,1H3. The van der Waals surface area contributed by atoms with Crippen LogP contribution in [0.5, 0.6) is 5.75 Å². The highest BCUT2D eigenvalue weighted by molar-refractivity contribution is 14.1. The molecule has 0 fully saturated rings. The lowest BCUT2D eigenvalue weighted by molar-refractivity contribution is -0.432. The number of esters is 1. The van der Waals surface area contributed by atoms with E-state index in [1.165, 1.54) is 0 Å². The van der Waals surface area contributed by atoms with E-state index in [0.29, 0.717) is 12.2 Å². The van der Waals surface area contributed by atoms with Gasteiger partial charge in [0.05, 0.1) is 18.5 Å². The molecule has 1 aromatic rings. The minimum atomic E-state index is -0.252. The molecule has 5 nitrogen and oxygen atoms in total. The van der Waals surface area contributed by atoms with Gasteiger partial charge in [0.2, 0.25) is 0 Å². The van der Waals surface area contributed by atoms with E-state index in [1.54, 1.807) is 18.2 Å². The molecule has 7 heteroatoms. The molecule has 0 aromatic heterocycles. The summed E-state index contributed by atoms with van der Waals surface area (Å²) >= 11 is 2.97. The van der Waals surface area contributed by atoms with Crippen molar-refractivity contribution in [1.29, 1.82) is 0 Å². The van der Waals surface area contributed by atoms with Crippen molar-refractivity contribution >= 4 is 40.6 Å². The van der Waals surface area contributed by atoms with E-state index in [-0.39, 0.29) is 5.97 Å². The lowest BCUT2D eigenvalue weighted by Crippen LogP contribution is -2.08. The van der Waals surface area contributed by atoms with E-state index >= 15 is 0 Å². The second kappa shape index (κ2) is 7.88. The maximum atomic E-state index is 11.3. The van der Waals surface area contributed by atoms with E-state index in [4.69, 9.17) is 9.99 Å². The topological polar surface area (TPSA) is 65.0 Å². The number of aryl methyl sites for hydroxylation is 1. The normalized spacial score (nSPS) is 10.3. The Morgan fingerprint density at radius 3 is 2.88 bits per heavy atom. The van der Waals surface area contributed by atoms with Crippen LogP contribution in [0.3, 0.4) is 0 Å². The summed E-state index contributed by atoms with van der Waals surface area (Å²) < 4.78 is 10.2. The smallest absolute Gasteiger partial charge is 0.311 e. The molecular weight excluding hydrogens is 359 g/mol. The number of benzene rings is 1. The maximum Gasteiger partial charge on any atom is 0.311 e. The van der Waals surface area contributed by atoms with Crippen molar-refractivity contribution in [3.63, 3.8) is 0 Å². The van der Waals surface area contributed by atoms with Crippen LogP contribution < -0.4 is 4.74 Å². The van der Waals surface area contributed by atoms with Gasteiger partial charge < -0.3 is 4.74 Å². The highest BCUT2D eigenvalue weighted by atomic mass is 127. The molecule has 0 amide bonds. The number of rotatable bonds is 6. The van der Waals surface area contributed by atoms with E-state index in [0.717, 1.165) is 26.9 Å². The minimum absolute atomic E-state index is 0.252. The zero-order chi connectivity index (χ0) is 12.7. The van der Waals surface area contributed by atoms with Crippen LogP contribution in [0.2, 0.25) is 0 Å². The molecule has 0 radical (unpaired) electrons. The zero-order valence-corrected chi connectivity index (χ0v) is 12.0. The van der Waals surface area contributed by atoms with Gasteiger partial charge in [-0.2, -0.15) is 0 Å². The molecule has 17 heavy (non-hydrogen) atoms. The maximum absolute atomic E-state index is 11.3. The number of alkyl halides is 1. The summed E-state index contributed by atoms with van der Waals surface area (Å²) in [5.74, 6) is 0.270. The van der Waals surface area contributed by atoms with Crippen molar-refractivity contribution in [3.05, 3.63) is 23.8 Å². The van der Waals surface area contributed by atoms with E-state index in [2.05, 4.69) is 32.0 Å². The van der Waals surface area contributed by atoms with Gasteiger partial charge in [0.25, 0.3) is 0 Å².